The minimum atomic E-state index is -3.45. The molecule has 3 rings (SSSR count). The molecule has 5 heteroatoms. The molecule has 22 heavy (non-hydrogen) atoms. The number of likely N-dealkylation sites (tertiary alicyclic amines) is 1. The molecule has 2 unspecified atom stereocenters. The van der Waals surface area contributed by atoms with Crippen LogP contribution >= 0.6 is 0 Å². The number of sulfonamides is 1. The zero-order chi connectivity index (χ0) is 16.1. The quantitative estimate of drug-likeness (QED) is 0.926. The molecule has 1 aliphatic heterocycles. The normalized spacial score (nSPS) is 26.5. The van der Waals surface area contributed by atoms with Gasteiger partial charge in [0, 0.05) is 24.7 Å². The Labute approximate surface area is 134 Å². The third-order valence-corrected chi connectivity index (χ3v) is 6.66. The average Bonchev–Trinajstić information content (AvgIpc) is 3.12. The molecule has 2 atom stereocenters. The fourth-order valence-corrected chi connectivity index (χ4v) is 5.62. The van der Waals surface area contributed by atoms with Crippen LogP contribution in [-0.4, -0.2) is 38.0 Å². The van der Waals surface area contributed by atoms with E-state index in [9.17, 15) is 8.42 Å². The SMILES string of the molecule is Cc1cc(C)c(S(=O)(=O)NC2CC(C)N(C3CC3)C2)c(C)c1. The van der Waals surface area contributed by atoms with E-state index in [-0.39, 0.29) is 6.04 Å². The molecule has 122 valence electrons. The molecule has 2 aliphatic rings. The lowest BCUT2D eigenvalue weighted by Crippen LogP contribution is -2.38. The number of hydrogen-bond acceptors (Lipinski definition) is 3. The van der Waals surface area contributed by atoms with Gasteiger partial charge in [0.2, 0.25) is 10.0 Å². The van der Waals surface area contributed by atoms with Crippen molar-refractivity contribution < 1.29 is 8.42 Å². The third kappa shape index (κ3) is 3.07. The third-order valence-electron chi connectivity index (χ3n) is 4.83. The Kier molecular flexibility index (Phi) is 4.08. The first-order valence-corrected chi connectivity index (χ1v) is 9.62. The lowest BCUT2D eigenvalue weighted by Gasteiger charge is -2.20. The Morgan fingerprint density at radius 3 is 2.27 bits per heavy atom. The monoisotopic (exact) mass is 322 g/mol. The summed E-state index contributed by atoms with van der Waals surface area (Å²) in [6, 6.07) is 5.07. The van der Waals surface area contributed by atoms with E-state index >= 15 is 0 Å². The van der Waals surface area contributed by atoms with Crippen LogP contribution in [0.1, 0.15) is 42.9 Å². The van der Waals surface area contributed by atoms with E-state index < -0.39 is 10.0 Å². The second kappa shape index (κ2) is 5.62. The first-order valence-electron chi connectivity index (χ1n) is 8.14. The van der Waals surface area contributed by atoms with Gasteiger partial charge in [-0.2, -0.15) is 0 Å². The molecule has 0 amide bonds. The van der Waals surface area contributed by atoms with Gasteiger partial charge in [0.05, 0.1) is 4.90 Å². The van der Waals surface area contributed by atoms with Gasteiger partial charge >= 0.3 is 0 Å². The van der Waals surface area contributed by atoms with Crippen molar-refractivity contribution in [2.75, 3.05) is 6.54 Å². The first kappa shape index (κ1) is 16.0. The molecule has 1 N–H and O–H groups in total. The Morgan fingerprint density at radius 2 is 1.73 bits per heavy atom. The summed E-state index contributed by atoms with van der Waals surface area (Å²) in [5.41, 5.74) is 2.76. The summed E-state index contributed by atoms with van der Waals surface area (Å²) in [5.74, 6) is 0. The van der Waals surface area contributed by atoms with Crippen LogP contribution in [0.3, 0.4) is 0 Å². The molecule has 0 radical (unpaired) electrons. The van der Waals surface area contributed by atoms with E-state index in [4.69, 9.17) is 0 Å². The summed E-state index contributed by atoms with van der Waals surface area (Å²) in [4.78, 5) is 2.91. The van der Waals surface area contributed by atoms with Crippen molar-refractivity contribution in [2.24, 2.45) is 0 Å². The van der Waals surface area contributed by atoms with E-state index in [1.165, 1.54) is 12.8 Å². The fourth-order valence-electron chi connectivity index (χ4n) is 3.93. The molecule has 0 bridgehead atoms. The minimum absolute atomic E-state index is 0.0284. The molecule has 1 aromatic rings. The standard InChI is InChI=1S/C17H26N2O2S/c1-11-7-12(2)17(13(3)8-11)22(20,21)18-15-9-14(4)19(10-15)16-5-6-16/h7-8,14-16,18H,5-6,9-10H2,1-4H3. The fraction of sp³-hybridized carbons (Fsp3) is 0.647. The summed E-state index contributed by atoms with van der Waals surface area (Å²) in [5, 5.41) is 0. The van der Waals surface area contributed by atoms with Crippen LogP contribution in [0, 0.1) is 20.8 Å². The lowest BCUT2D eigenvalue weighted by molar-refractivity contribution is 0.256. The number of benzene rings is 1. The van der Waals surface area contributed by atoms with Gasteiger partial charge < -0.3 is 0 Å². The highest BCUT2D eigenvalue weighted by Gasteiger charge is 2.40. The summed E-state index contributed by atoms with van der Waals surface area (Å²) >= 11 is 0. The number of rotatable bonds is 4. The van der Waals surface area contributed by atoms with Crippen molar-refractivity contribution in [1.82, 2.24) is 9.62 Å². The van der Waals surface area contributed by atoms with Crippen molar-refractivity contribution in [3.63, 3.8) is 0 Å². The maximum atomic E-state index is 12.8. The van der Waals surface area contributed by atoms with Gasteiger partial charge in [-0.15, -0.1) is 0 Å². The largest absolute Gasteiger partial charge is 0.296 e. The highest BCUT2D eigenvalue weighted by Crippen LogP contribution is 2.34. The Hall–Kier alpha value is -0.910. The van der Waals surface area contributed by atoms with Gasteiger partial charge in [0.15, 0.2) is 0 Å². The molecule has 1 saturated carbocycles. The Bertz CT molecular complexity index is 657. The van der Waals surface area contributed by atoms with E-state index in [2.05, 4.69) is 16.5 Å². The Balaban J connectivity index is 1.80. The lowest BCUT2D eigenvalue weighted by atomic mass is 10.1. The highest BCUT2D eigenvalue weighted by atomic mass is 32.2. The molecule has 1 saturated heterocycles. The molecular formula is C17H26N2O2S. The average molecular weight is 322 g/mol. The molecule has 0 aromatic heterocycles. The van der Waals surface area contributed by atoms with E-state index in [1.54, 1.807) is 0 Å². The Morgan fingerprint density at radius 1 is 1.14 bits per heavy atom. The molecule has 1 aromatic carbocycles. The molecular weight excluding hydrogens is 296 g/mol. The first-order chi connectivity index (χ1) is 10.3. The zero-order valence-electron chi connectivity index (χ0n) is 13.9. The van der Waals surface area contributed by atoms with Crippen LogP contribution in [0.4, 0.5) is 0 Å². The van der Waals surface area contributed by atoms with Crippen LogP contribution in [0.2, 0.25) is 0 Å². The van der Waals surface area contributed by atoms with E-state index in [0.717, 1.165) is 29.7 Å². The van der Waals surface area contributed by atoms with Crippen molar-refractivity contribution in [1.29, 1.82) is 0 Å². The summed E-state index contributed by atoms with van der Waals surface area (Å²) in [6.45, 7) is 8.80. The minimum Gasteiger partial charge on any atom is -0.296 e. The van der Waals surface area contributed by atoms with E-state index in [0.29, 0.717) is 17.0 Å². The van der Waals surface area contributed by atoms with E-state index in [1.807, 2.05) is 32.9 Å². The number of hydrogen-bond donors (Lipinski definition) is 1. The summed E-state index contributed by atoms with van der Waals surface area (Å²) in [6.07, 6.45) is 3.43. The molecule has 0 spiro atoms. The van der Waals surface area contributed by atoms with Crippen LogP contribution in [0.5, 0.6) is 0 Å². The second-order valence-electron chi connectivity index (χ2n) is 7.06. The summed E-state index contributed by atoms with van der Waals surface area (Å²) in [7, 11) is -3.45. The van der Waals surface area contributed by atoms with Gasteiger partial charge in [-0.25, -0.2) is 13.1 Å². The van der Waals surface area contributed by atoms with Gasteiger partial charge in [0.1, 0.15) is 0 Å². The zero-order valence-corrected chi connectivity index (χ0v) is 14.7. The maximum Gasteiger partial charge on any atom is 0.241 e. The van der Waals surface area contributed by atoms with Gasteiger partial charge in [-0.05, 0) is 58.1 Å². The van der Waals surface area contributed by atoms with Crippen LogP contribution in [-0.2, 0) is 10.0 Å². The van der Waals surface area contributed by atoms with Crippen molar-refractivity contribution >= 4 is 10.0 Å². The van der Waals surface area contributed by atoms with Crippen LogP contribution in [0.15, 0.2) is 17.0 Å². The number of nitrogens with one attached hydrogen (secondary N) is 1. The predicted octanol–water partition coefficient (Wildman–Crippen LogP) is 2.52. The molecule has 1 heterocycles. The topological polar surface area (TPSA) is 49.4 Å². The van der Waals surface area contributed by atoms with Crippen LogP contribution < -0.4 is 4.72 Å². The molecule has 4 nitrogen and oxygen atoms in total. The predicted molar refractivity (Wildman–Crippen MR) is 88.6 cm³/mol. The number of aryl methyl sites for hydroxylation is 3. The van der Waals surface area contributed by atoms with Gasteiger partial charge in [-0.1, -0.05) is 17.7 Å². The van der Waals surface area contributed by atoms with Crippen molar-refractivity contribution in [2.45, 2.75) is 70.0 Å². The summed E-state index contributed by atoms with van der Waals surface area (Å²) < 4.78 is 28.6. The number of nitrogens with zero attached hydrogens (tertiary/aromatic N) is 1. The van der Waals surface area contributed by atoms with Crippen molar-refractivity contribution in [3.05, 3.63) is 28.8 Å². The highest BCUT2D eigenvalue weighted by molar-refractivity contribution is 7.89. The van der Waals surface area contributed by atoms with Gasteiger partial charge in [-0.3, -0.25) is 4.90 Å². The van der Waals surface area contributed by atoms with Gasteiger partial charge in [0.25, 0.3) is 0 Å². The molecule has 1 aliphatic carbocycles. The second-order valence-corrected chi connectivity index (χ2v) is 8.71. The molecule has 2 fully saturated rings. The smallest absolute Gasteiger partial charge is 0.241 e. The maximum absolute atomic E-state index is 12.8. The van der Waals surface area contributed by atoms with Crippen molar-refractivity contribution in [3.8, 4) is 0 Å². The van der Waals surface area contributed by atoms with Crippen LogP contribution in [0.25, 0.3) is 0 Å².